The van der Waals surface area contributed by atoms with E-state index in [1.165, 1.54) is 30.7 Å². The van der Waals surface area contributed by atoms with Gasteiger partial charge in [-0.05, 0) is 27.7 Å². The van der Waals surface area contributed by atoms with Gasteiger partial charge in [-0.15, -0.1) is 0 Å². The molecule has 0 aromatic carbocycles. The van der Waals surface area contributed by atoms with E-state index < -0.39 is 9.20 Å². The first-order chi connectivity index (χ1) is 6.24. The van der Waals surface area contributed by atoms with Crippen molar-refractivity contribution in [3.05, 3.63) is 0 Å². The molecule has 0 rings (SSSR count). The van der Waals surface area contributed by atoms with Crippen LogP contribution in [-0.2, 0) is 9.20 Å². The zero-order chi connectivity index (χ0) is 11.8. The van der Waals surface area contributed by atoms with Gasteiger partial charge in [0.1, 0.15) is 0 Å². The van der Waals surface area contributed by atoms with Gasteiger partial charge in [0.15, 0.2) is 0 Å². The van der Waals surface area contributed by atoms with Crippen molar-refractivity contribution in [2.75, 3.05) is 26.2 Å². The molecule has 0 fully saturated rings. The molecule has 0 unspecified atom stereocenters. The van der Waals surface area contributed by atoms with Crippen LogP contribution in [0.1, 0.15) is 27.7 Å². The van der Waals surface area contributed by atoms with Crippen molar-refractivity contribution in [3.8, 4) is 0 Å². The Labute approximate surface area is 107 Å². The first kappa shape index (κ1) is 18.0. The zero-order valence-electron chi connectivity index (χ0n) is 9.14. The van der Waals surface area contributed by atoms with E-state index in [4.69, 9.17) is 40.4 Å². The summed E-state index contributed by atoms with van der Waals surface area (Å²) in [6, 6.07) is 0. The van der Waals surface area contributed by atoms with E-state index in [1.54, 1.807) is 0 Å². The molecule has 0 aliphatic rings. The van der Waals surface area contributed by atoms with E-state index in [-0.39, 0.29) is 0 Å². The van der Waals surface area contributed by atoms with Crippen LogP contribution in [0.4, 0.5) is 0 Å². The van der Waals surface area contributed by atoms with Crippen molar-refractivity contribution in [3.63, 3.8) is 0 Å². The van der Waals surface area contributed by atoms with Crippen LogP contribution in [0.5, 0.6) is 0 Å². The van der Waals surface area contributed by atoms with E-state index >= 15 is 0 Å². The number of hydrogen-bond donors (Lipinski definition) is 0. The Morgan fingerprint density at radius 3 is 0.857 bits per heavy atom. The van der Waals surface area contributed by atoms with Crippen molar-refractivity contribution in [2.45, 2.75) is 27.7 Å². The summed E-state index contributed by atoms with van der Waals surface area (Å²) in [5, 5.41) is 0. The molecular formula is C8H20Cl4FeN+4. The van der Waals surface area contributed by atoms with Gasteiger partial charge < -0.3 is 4.48 Å². The molecule has 0 aliphatic heterocycles. The summed E-state index contributed by atoms with van der Waals surface area (Å²) in [5.41, 5.74) is 0. The number of quaternary nitrogens is 1. The van der Waals surface area contributed by atoms with Gasteiger partial charge in [0.2, 0.25) is 0 Å². The molecule has 0 spiro atoms. The fourth-order valence-electron chi connectivity index (χ4n) is 1.34. The van der Waals surface area contributed by atoms with Crippen LogP contribution in [0.15, 0.2) is 0 Å². The maximum atomic E-state index is 4.95. The summed E-state index contributed by atoms with van der Waals surface area (Å²) in [5.74, 6) is 0. The first-order valence-corrected chi connectivity index (χ1v) is 10.7. The number of halogens is 4. The van der Waals surface area contributed by atoms with Crippen molar-refractivity contribution < 1.29 is 13.7 Å². The summed E-state index contributed by atoms with van der Waals surface area (Å²) < 4.78 is 1.28. The van der Waals surface area contributed by atoms with Gasteiger partial charge in [0.05, 0.1) is 26.2 Å². The van der Waals surface area contributed by atoms with E-state index in [0.717, 1.165) is 0 Å². The third-order valence-electron chi connectivity index (χ3n) is 2.68. The van der Waals surface area contributed by atoms with Crippen LogP contribution >= 0.6 is 40.4 Å². The summed E-state index contributed by atoms with van der Waals surface area (Å²) in [6.07, 6.45) is 0. The Kier molecular flexibility index (Phi) is 11.3. The first-order valence-electron chi connectivity index (χ1n) is 4.63. The molecule has 0 saturated carbocycles. The van der Waals surface area contributed by atoms with Crippen LogP contribution in [0, 0.1) is 0 Å². The van der Waals surface area contributed by atoms with Gasteiger partial charge >= 0.3 is 49.6 Å². The molecule has 6 heteroatoms. The molecule has 0 amide bonds. The van der Waals surface area contributed by atoms with Gasteiger partial charge in [-0.25, -0.2) is 0 Å². The summed E-state index contributed by atoms with van der Waals surface area (Å²) in [4.78, 5) is 0. The van der Waals surface area contributed by atoms with Crippen molar-refractivity contribution >= 4 is 40.4 Å². The quantitative estimate of drug-likeness (QED) is 0.521. The predicted molar refractivity (Wildman–Crippen MR) is 65.8 cm³/mol. The van der Waals surface area contributed by atoms with Gasteiger partial charge in [-0.2, -0.15) is 0 Å². The second kappa shape index (κ2) is 8.75. The average molecular weight is 328 g/mol. The van der Waals surface area contributed by atoms with Gasteiger partial charge in [0, 0.05) is 0 Å². The maximum absolute atomic E-state index is 4.95. The Morgan fingerprint density at radius 2 is 0.857 bits per heavy atom. The van der Waals surface area contributed by atoms with Crippen molar-refractivity contribution in [1.82, 2.24) is 0 Å². The van der Waals surface area contributed by atoms with E-state index in [0.29, 0.717) is 0 Å². The molecule has 0 aromatic heterocycles. The zero-order valence-corrected chi connectivity index (χ0v) is 13.3. The van der Waals surface area contributed by atoms with E-state index in [9.17, 15) is 0 Å². The molecular weight excluding hydrogens is 308 g/mol. The standard InChI is InChI=1S/C8H20N.4ClH.Fe/c1-5-9(6-2,7-3)8-4;;;;;/h5-8H2,1-4H3;4*1H;/q+1;;;;;+7/p-4. The molecule has 0 aromatic rings. The molecule has 1 nitrogen and oxygen atoms in total. The summed E-state index contributed by atoms with van der Waals surface area (Å²) in [6.45, 7) is 14.2. The average Bonchev–Trinajstić information content (AvgIpc) is 2.07. The Hall–Kier alpha value is 1.64. The van der Waals surface area contributed by atoms with Crippen LogP contribution in [0.2, 0.25) is 0 Å². The fourth-order valence-corrected chi connectivity index (χ4v) is 1.34. The van der Waals surface area contributed by atoms with Crippen molar-refractivity contribution in [1.29, 1.82) is 0 Å². The van der Waals surface area contributed by atoms with Crippen LogP contribution in [0.25, 0.3) is 0 Å². The topological polar surface area (TPSA) is 0 Å². The van der Waals surface area contributed by atoms with Gasteiger partial charge in [-0.3, -0.25) is 0 Å². The number of hydrogen-bond acceptors (Lipinski definition) is 0. The van der Waals surface area contributed by atoms with Gasteiger partial charge in [0.25, 0.3) is 0 Å². The molecule has 0 aliphatic carbocycles. The number of rotatable bonds is 4. The SMILES string of the molecule is CC[N+](CC)(CC)CC.[Cl][Fe+3]([Cl])([Cl])[Cl]. The Balaban J connectivity index is 0. The normalized spacial score (nSPS) is 12.0. The van der Waals surface area contributed by atoms with Crippen LogP contribution in [-0.4, -0.2) is 30.7 Å². The van der Waals surface area contributed by atoms with Crippen molar-refractivity contribution in [2.24, 2.45) is 0 Å². The summed E-state index contributed by atoms with van der Waals surface area (Å²) in [7, 11) is 17.2. The predicted octanol–water partition coefficient (Wildman–Crippen LogP) is 4.64. The monoisotopic (exact) mass is 326 g/mol. The molecule has 0 radical (unpaired) electrons. The fraction of sp³-hybridized carbons (Fsp3) is 1.00. The van der Waals surface area contributed by atoms with E-state index in [1.807, 2.05) is 0 Å². The van der Waals surface area contributed by atoms with Gasteiger partial charge in [-0.1, -0.05) is 0 Å². The third kappa shape index (κ3) is 11.7. The Bertz CT molecular complexity index is 110. The second-order valence-corrected chi connectivity index (χ2v) is 13.9. The van der Waals surface area contributed by atoms with E-state index in [2.05, 4.69) is 27.7 Å². The number of nitrogens with zero attached hydrogens (tertiary/aromatic N) is 1. The molecule has 0 atom stereocenters. The molecule has 0 saturated heterocycles. The Morgan fingerprint density at radius 1 is 0.714 bits per heavy atom. The van der Waals surface area contributed by atoms with Crippen LogP contribution < -0.4 is 0 Å². The molecule has 14 heavy (non-hydrogen) atoms. The summed E-state index contributed by atoms with van der Waals surface area (Å²) >= 11 is 0. The minimum atomic E-state index is -2.61. The molecule has 0 N–H and O–H groups in total. The molecule has 0 bridgehead atoms. The minimum absolute atomic E-state index is 1.28. The van der Waals surface area contributed by atoms with Crippen LogP contribution in [0.3, 0.4) is 0 Å². The molecule has 89 valence electrons. The third-order valence-corrected chi connectivity index (χ3v) is 2.68. The molecule has 0 heterocycles. The second-order valence-electron chi connectivity index (χ2n) is 2.91.